The van der Waals surface area contributed by atoms with Gasteiger partial charge in [0, 0.05) is 12.4 Å². The van der Waals surface area contributed by atoms with E-state index in [1.807, 2.05) is 0 Å². The molecule has 0 aromatic carbocycles. The third-order valence-electron chi connectivity index (χ3n) is 2.27. The normalized spacial score (nSPS) is 9.80. The summed E-state index contributed by atoms with van der Waals surface area (Å²) >= 11 is 0. The minimum atomic E-state index is -0.547. The summed E-state index contributed by atoms with van der Waals surface area (Å²) in [5.41, 5.74) is 4.93. The number of nitrogens with one attached hydrogen (secondary N) is 3. The molecule has 0 aliphatic heterocycles. The number of pyridine rings is 1. The molecule has 0 saturated heterocycles. The molecule has 3 aromatic heterocycles. The van der Waals surface area contributed by atoms with E-state index in [1.165, 1.54) is 12.5 Å². The average Bonchev–Trinajstić information content (AvgIpc) is 2.89. The number of hydrogen-bond acceptors (Lipinski definition) is 5. The number of carbonyl (C=O) groups excluding carboxylic acids is 1. The van der Waals surface area contributed by atoms with Crippen LogP contribution in [-0.2, 0) is 0 Å². The molecule has 9 heteroatoms. The monoisotopic (exact) mass is 274 g/mol. The maximum absolute atomic E-state index is 10.9. The van der Waals surface area contributed by atoms with Crippen LogP contribution >= 0.6 is 0 Å². The van der Waals surface area contributed by atoms with E-state index in [1.54, 1.807) is 18.3 Å². The molecule has 0 atom stereocenters. The number of primary amides is 1. The third kappa shape index (κ3) is 2.96. The maximum Gasteiger partial charge on any atom is 0.327 e. The first-order chi connectivity index (χ1) is 9.58. The summed E-state index contributed by atoms with van der Waals surface area (Å²) in [6, 6.07) is 3.29. The van der Waals surface area contributed by atoms with Gasteiger partial charge < -0.3 is 10.7 Å². The van der Waals surface area contributed by atoms with Crippen molar-refractivity contribution in [3.8, 4) is 0 Å². The zero-order valence-corrected chi connectivity index (χ0v) is 10.1. The predicted molar refractivity (Wildman–Crippen MR) is 70.1 cm³/mol. The van der Waals surface area contributed by atoms with Gasteiger partial charge in [-0.2, -0.15) is 0 Å². The first-order valence-electron chi connectivity index (χ1n) is 5.43. The van der Waals surface area contributed by atoms with Crippen molar-refractivity contribution in [3.63, 3.8) is 0 Å². The minimum Gasteiger partial charge on any atom is -0.366 e. The largest absolute Gasteiger partial charge is 0.366 e. The van der Waals surface area contributed by atoms with Crippen LogP contribution in [0.4, 0.5) is 0 Å². The second-order valence-corrected chi connectivity index (χ2v) is 3.64. The Morgan fingerprint density at radius 2 is 2.05 bits per heavy atom. The van der Waals surface area contributed by atoms with Crippen LogP contribution in [0.25, 0.3) is 11.2 Å². The Labute approximate surface area is 110 Å². The fourth-order valence-electron chi connectivity index (χ4n) is 1.38. The highest BCUT2D eigenvalue weighted by atomic mass is 16.2. The summed E-state index contributed by atoms with van der Waals surface area (Å²) in [6.07, 6.45) is 4.37. The second kappa shape index (κ2) is 5.61. The Morgan fingerprint density at radius 3 is 2.65 bits per heavy atom. The summed E-state index contributed by atoms with van der Waals surface area (Å²) in [4.78, 5) is 46.4. The number of nitrogens with two attached hydrogens (primary N) is 1. The summed E-state index contributed by atoms with van der Waals surface area (Å²) in [5.74, 6) is -0.442. The number of aromatic amines is 3. The molecule has 0 spiro atoms. The molecule has 3 heterocycles. The van der Waals surface area contributed by atoms with Crippen molar-refractivity contribution < 1.29 is 4.79 Å². The molecule has 0 radical (unpaired) electrons. The zero-order valence-electron chi connectivity index (χ0n) is 10.1. The van der Waals surface area contributed by atoms with E-state index in [-0.39, 0.29) is 11.2 Å². The van der Waals surface area contributed by atoms with Gasteiger partial charge >= 0.3 is 5.69 Å². The number of fused-ring (bicyclic) bond motifs is 1. The topological polar surface area (TPSA) is 150 Å². The summed E-state index contributed by atoms with van der Waals surface area (Å²) in [5, 5.41) is 0. The Morgan fingerprint density at radius 1 is 1.25 bits per heavy atom. The molecule has 1 amide bonds. The lowest BCUT2D eigenvalue weighted by Gasteiger charge is -1.88. The third-order valence-corrected chi connectivity index (χ3v) is 2.27. The minimum absolute atomic E-state index is 0.277. The molecule has 3 rings (SSSR count). The average molecular weight is 274 g/mol. The fraction of sp³-hybridized carbons (Fsp3) is 0. The van der Waals surface area contributed by atoms with E-state index < -0.39 is 17.2 Å². The van der Waals surface area contributed by atoms with Gasteiger partial charge in [-0.15, -0.1) is 0 Å². The zero-order chi connectivity index (χ0) is 14.5. The molecular weight excluding hydrogens is 264 g/mol. The molecule has 0 saturated carbocycles. The quantitative estimate of drug-likeness (QED) is 0.454. The van der Waals surface area contributed by atoms with Gasteiger partial charge in [-0.1, -0.05) is 0 Å². The molecule has 0 fully saturated rings. The number of aromatic nitrogens is 5. The van der Waals surface area contributed by atoms with Crippen LogP contribution in [0.3, 0.4) is 0 Å². The van der Waals surface area contributed by atoms with Gasteiger partial charge in [0.05, 0.1) is 11.9 Å². The van der Waals surface area contributed by atoms with Gasteiger partial charge in [0.1, 0.15) is 5.52 Å². The Balaban J connectivity index is 0.000000151. The first kappa shape index (κ1) is 13.2. The van der Waals surface area contributed by atoms with Crippen molar-refractivity contribution in [2.75, 3.05) is 0 Å². The molecule has 0 aliphatic carbocycles. The van der Waals surface area contributed by atoms with Crippen molar-refractivity contribution in [1.29, 1.82) is 0 Å². The van der Waals surface area contributed by atoms with E-state index in [0.717, 1.165) is 0 Å². The van der Waals surface area contributed by atoms with E-state index in [9.17, 15) is 14.4 Å². The lowest BCUT2D eigenvalue weighted by Crippen LogP contribution is -2.21. The van der Waals surface area contributed by atoms with Gasteiger partial charge in [-0.25, -0.2) is 9.78 Å². The first-order valence-corrected chi connectivity index (χ1v) is 5.43. The van der Waals surface area contributed by atoms with Gasteiger partial charge in [-0.05, 0) is 12.1 Å². The van der Waals surface area contributed by atoms with E-state index in [0.29, 0.717) is 5.56 Å². The number of hydrogen-bond donors (Lipinski definition) is 4. The van der Waals surface area contributed by atoms with Crippen LogP contribution < -0.4 is 17.0 Å². The molecule has 0 bridgehead atoms. The Kier molecular flexibility index (Phi) is 3.70. The predicted octanol–water partition coefficient (Wildman–Crippen LogP) is -0.880. The SMILES string of the molecule is NC(=O)c1cccnc1.O=c1[nH]c(=O)c2[nH]cnc2[nH]1. The number of rotatable bonds is 1. The van der Waals surface area contributed by atoms with Gasteiger partial charge in [0.15, 0.2) is 5.65 Å². The highest BCUT2D eigenvalue weighted by Gasteiger charge is 2.00. The molecule has 0 unspecified atom stereocenters. The lowest BCUT2D eigenvalue weighted by atomic mass is 10.3. The second-order valence-electron chi connectivity index (χ2n) is 3.64. The van der Waals surface area contributed by atoms with Gasteiger partial charge in [0.25, 0.3) is 5.56 Å². The maximum atomic E-state index is 10.9. The highest BCUT2D eigenvalue weighted by molar-refractivity contribution is 5.92. The number of imidazole rings is 1. The van der Waals surface area contributed by atoms with E-state index in [4.69, 9.17) is 5.73 Å². The van der Waals surface area contributed by atoms with Crippen LogP contribution in [0.15, 0.2) is 40.4 Å². The Bertz CT molecular complexity index is 832. The molecule has 102 valence electrons. The molecule has 3 aromatic rings. The molecule has 20 heavy (non-hydrogen) atoms. The van der Waals surface area contributed by atoms with Crippen molar-refractivity contribution >= 4 is 17.1 Å². The van der Waals surface area contributed by atoms with Gasteiger partial charge in [-0.3, -0.25) is 24.5 Å². The number of H-pyrrole nitrogens is 3. The Hall–Kier alpha value is -3.23. The van der Waals surface area contributed by atoms with Crippen LogP contribution in [-0.4, -0.2) is 30.8 Å². The lowest BCUT2D eigenvalue weighted by molar-refractivity contribution is 0.1000. The molecular formula is C11H10N6O3. The summed E-state index contributed by atoms with van der Waals surface area (Å²) in [7, 11) is 0. The van der Waals surface area contributed by atoms with Crippen molar-refractivity contribution in [2.24, 2.45) is 5.73 Å². The summed E-state index contributed by atoms with van der Waals surface area (Å²) in [6.45, 7) is 0. The molecule has 9 nitrogen and oxygen atoms in total. The number of carbonyl (C=O) groups is 1. The van der Waals surface area contributed by atoms with Crippen molar-refractivity contribution in [3.05, 3.63) is 57.3 Å². The number of amides is 1. The van der Waals surface area contributed by atoms with E-state index in [2.05, 4.69) is 24.9 Å². The standard InChI is InChI=1S/C6H6N2O.C5H4N4O2/c7-6(9)5-2-1-3-8-4-5;10-4-2-3(7-1-6-2)8-5(11)9-4/h1-4H,(H2,7,9);1H,(H3,6,7,8,9,10,11). The molecule has 0 aliphatic rings. The van der Waals surface area contributed by atoms with Crippen molar-refractivity contribution in [2.45, 2.75) is 0 Å². The van der Waals surface area contributed by atoms with Gasteiger partial charge in [0.2, 0.25) is 5.91 Å². The fourth-order valence-corrected chi connectivity index (χ4v) is 1.38. The van der Waals surface area contributed by atoms with Crippen molar-refractivity contribution in [1.82, 2.24) is 24.9 Å². The molecule has 5 N–H and O–H groups in total. The van der Waals surface area contributed by atoms with Crippen LogP contribution in [0, 0.1) is 0 Å². The van der Waals surface area contributed by atoms with Crippen LogP contribution in [0.1, 0.15) is 10.4 Å². The van der Waals surface area contributed by atoms with Crippen LogP contribution in [0.5, 0.6) is 0 Å². The summed E-state index contributed by atoms with van der Waals surface area (Å²) < 4.78 is 0. The van der Waals surface area contributed by atoms with Crippen LogP contribution in [0.2, 0.25) is 0 Å². The smallest absolute Gasteiger partial charge is 0.327 e. The van der Waals surface area contributed by atoms with E-state index >= 15 is 0 Å². The number of nitrogens with zero attached hydrogens (tertiary/aromatic N) is 2. The highest BCUT2D eigenvalue weighted by Crippen LogP contribution is 1.92.